The molecule has 0 saturated heterocycles. The molecule has 8 heteroatoms. The molecule has 1 atom stereocenters. The number of rotatable bonds is 7. The van der Waals surface area contributed by atoms with Crippen LogP contribution in [0.1, 0.15) is 37.3 Å². The fraction of sp³-hybridized carbons (Fsp3) is 0.429. The lowest BCUT2D eigenvalue weighted by Crippen LogP contribution is -2.42. The minimum absolute atomic E-state index is 0.0722. The fourth-order valence-corrected chi connectivity index (χ4v) is 5.18. The van der Waals surface area contributed by atoms with Gasteiger partial charge < -0.3 is 4.90 Å². The van der Waals surface area contributed by atoms with Crippen LogP contribution >= 0.6 is 11.6 Å². The first-order chi connectivity index (χ1) is 13.8. The van der Waals surface area contributed by atoms with Crippen LogP contribution in [-0.4, -0.2) is 49.2 Å². The second kappa shape index (κ2) is 9.24. The predicted octanol–water partition coefficient (Wildman–Crippen LogP) is 3.75. The molecule has 1 fully saturated rings. The number of amides is 1. The highest BCUT2D eigenvalue weighted by atomic mass is 35.5. The highest BCUT2D eigenvalue weighted by Gasteiger charge is 2.33. The lowest BCUT2D eigenvalue weighted by Gasteiger charge is -2.34. The number of hydrogen-bond donors (Lipinski definition) is 0. The van der Waals surface area contributed by atoms with E-state index in [2.05, 4.69) is 4.98 Å². The van der Waals surface area contributed by atoms with Gasteiger partial charge in [0, 0.05) is 31.5 Å². The van der Waals surface area contributed by atoms with Gasteiger partial charge in [-0.2, -0.15) is 4.31 Å². The fourth-order valence-electron chi connectivity index (χ4n) is 3.97. The summed E-state index contributed by atoms with van der Waals surface area (Å²) in [7, 11) is -0.605. The maximum Gasteiger partial charge on any atom is 0.244 e. The van der Waals surface area contributed by atoms with Crippen molar-refractivity contribution >= 4 is 27.5 Å². The van der Waals surface area contributed by atoms with Crippen LogP contribution in [0.2, 0.25) is 5.02 Å². The van der Waals surface area contributed by atoms with Gasteiger partial charge in [0.25, 0.3) is 0 Å². The van der Waals surface area contributed by atoms with Gasteiger partial charge in [0.05, 0.1) is 12.6 Å². The first-order valence-electron chi connectivity index (χ1n) is 9.68. The molecule has 0 N–H and O–H groups in total. The van der Waals surface area contributed by atoms with Gasteiger partial charge in [-0.3, -0.25) is 9.78 Å². The third kappa shape index (κ3) is 4.97. The number of carbonyl (C=O) groups excluding carboxylic acids is 1. The number of sulfonamides is 1. The van der Waals surface area contributed by atoms with Gasteiger partial charge in [-0.25, -0.2) is 8.42 Å². The van der Waals surface area contributed by atoms with Crippen molar-refractivity contribution in [1.82, 2.24) is 14.2 Å². The third-order valence-electron chi connectivity index (χ3n) is 5.57. The largest absolute Gasteiger partial charge is 0.337 e. The summed E-state index contributed by atoms with van der Waals surface area (Å²) in [5, 5.41) is 0.648. The number of halogens is 1. The smallest absolute Gasteiger partial charge is 0.244 e. The number of nitrogens with zero attached hydrogens (tertiary/aromatic N) is 3. The molecular weight excluding hydrogens is 410 g/mol. The van der Waals surface area contributed by atoms with Crippen LogP contribution in [0.25, 0.3) is 0 Å². The molecule has 156 valence electrons. The van der Waals surface area contributed by atoms with Crippen molar-refractivity contribution in [2.24, 2.45) is 5.92 Å². The summed E-state index contributed by atoms with van der Waals surface area (Å²) < 4.78 is 26.5. The van der Waals surface area contributed by atoms with Crippen molar-refractivity contribution in [3.05, 3.63) is 59.4 Å². The molecular formula is C21H26ClN3O3S. The maximum absolute atomic E-state index is 13.0. The van der Waals surface area contributed by atoms with Gasteiger partial charge in [-0.1, -0.05) is 36.6 Å². The van der Waals surface area contributed by atoms with Crippen LogP contribution in [0, 0.1) is 5.92 Å². The van der Waals surface area contributed by atoms with Crippen LogP contribution in [0.15, 0.2) is 53.7 Å². The standard InChI is InChI=1S/C21H26ClN3O3S/c1-24(29(27,28)19-8-5-13-23-14-19)15-20(26)25(2)21(16-6-3-4-7-16)17-9-11-18(22)12-10-17/h5,8-14,16,21H,3-4,6-7,15H2,1-2H3/t21-/m1/s1. The summed E-state index contributed by atoms with van der Waals surface area (Å²) >= 11 is 6.04. The zero-order valence-electron chi connectivity index (χ0n) is 16.7. The second-order valence-corrected chi connectivity index (χ2v) is 9.98. The van der Waals surface area contributed by atoms with Gasteiger partial charge in [0.1, 0.15) is 4.90 Å². The monoisotopic (exact) mass is 435 g/mol. The highest BCUT2D eigenvalue weighted by Crippen LogP contribution is 2.39. The Morgan fingerprint density at radius 1 is 1.17 bits per heavy atom. The van der Waals surface area contributed by atoms with Gasteiger partial charge in [0.15, 0.2) is 0 Å². The van der Waals surface area contributed by atoms with Crippen LogP contribution in [0.4, 0.5) is 0 Å². The summed E-state index contributed by atoms with van der Waals surface area (Å²) in [6.07, 6.45) is 7.19. The Morgan fingerprint density at radius 2 is 1.83 bits per heavy atom. The second-order valence-electron chi connectivity index (χ2n) is 7.50. The molecule has 6 nitrogen and oxygen atoms in total. The van der Waals surface area contributed by atoms with Crippen LogP contribution < -0.4 is 0 Å². The molecule has 0 radical (unpaired) electrons. The van der Waals surface area contributed by atoms with Crippen molar-refractivity contribution in [2.75, 3.05) is 20.6 Å². The van der Waals surface area contributed by atoms with E-state index >= 15 is 0 Å². The van der Waals surface area contributed by atoms with Gasteiger partial charge in [-0.15, -0.1) is 0 Å². The molecule has 2 aromatic rings. The number of hydrogen-bond acceptors (Lipinski definition) is 4. The Labute approximate surface area is 177 Å². The Bertz CT molecular complexity index is 929. The summed E-state index contributed by atoms with van der Waals surface area (Å²) in [5.41, 5.74) is 1.02. The van der Waals surface area contributed by atoms with E-state index in [1.54, 1.807) is 18.0 Å². The number of likely N-dealkylation sites (N-methyl/N-ethyl adjacent to an activating group) is 2. The molecule has 1 aromatic heterocycles. The Hall–Kier alpha value is -1.96. The Balaban J connectivity index is 1.79. The van der Waals surface area contributed by atoms with E-state index in [-0.39, 0.29) is 23.4 Å². The number of carbonyl (C=O) groups is 1. The van der Waals surface area contributed by atoms with Gasteiger partial charge >= 0.3 is 0 Å². The van der Waals surface area contributed by atoms with Crippen molar-refractivity contribution in [1.29, 1.82) is 0 Å². The molecule has 0 aliphatic heterocycles. The molecule has 29 heavy (non-hydrogen) atoms. The number of aromatic nitrogens is 1. The average Bonchev–Trinajstić information content (AvgIpc) is 3.24. The minimum Gasteiger partial charge on any atom is -0.337 e. The molecule has 1 heterocycles. The normalized spacial score (nSPS) is 16.1. The molecule has 1 saturated carbocycles. The maximum atomic E-state index is 13.0. The highest BCUT2D eigenvalue weighted by molar-refractivity contribution is 7.89. The van der Waals surface area contributed by atoms with E-state index in [0.717, 1.165) is 35.6 Å². The molecule has 1 amide bonds. The quantitative estimate of drug-likeness (QED) is 0.664. The molecule has 0 bridgehead atoms. The molecule has 0 unspecified atom stereocenters. The minimum atomic E-state index is -3.78. The topological polar surface area (TPSA) is 70.6 Å². The zero-order valence-corrected chi connectivity index (χ0v) is 18.2. The number of benzene rings is 1. The Morgan fingerprint density at radius 3 is 2.41 bits per heavy atom. The lowest BCUT2D eigenvalue weighted by atomic mass is 9.90. The van der Waals surface area contributed by atoms with Crippen molar-refractivity contribution in [2.45, 2.75) is 36.6 Å². The third-order valence-corrected chi connectivity index (χ3v) is 7.61. The van der Waals surface area contributed by atoms with Crippen LogP contribution in [0.3, 0.4) is 0 Å². The van der Waals surface area contributed by atoms with E-state index in [9.17, 15) is 13.2 Å². The molecule has 1 aromatic carbocycles. The van der Waals surface area contributed by atoms with Crippen LogP contribution in [0.5, 0.6) is 0 Å². The lowest BCUT2D eigenvalue weighted by molar-refractivity contribution is -0.133. The molecule has 0 spiro atoms. The van der Waals surface area contributed by atoms with Crippen LogP contribution in [-0.2, 0) is 14.8 Å². The van der Waals surface area contributed by atoms with E-state index in [1.807, 2.05) is 24.3 Å². The number of pyridine rings is 1. The average molecular weight is 436 g/mol. The van der Waals surface area contributed by atoms with E-state index in [0.29, 0.717) is 10.9 Å². The summed E-state index contributed by atoms with van der Waals surface area (Å²) in [6.45, 7) is -0.232. The van der Waals surface area contributed by atoms with E-state index in [1.165, 1.54) is 25.5 Å². The molecule has 1 aliphatic rings. The van der Waals surface area contributed by atoms with Crippen molar-refractivity contribution in [3.63, 3.8) is 0 Å². The Kier molecular flexibility index (Phi) is 6.93. The SMILES string of the molecule is CN(C(=O)CN(C)S(=O)(=O)c1cccnc1)[C@@H](c1ccc(Cl)cc1)C1CCCC1. The van der Waals surface area contributed by atoms with Gasteiger partial charge in [-0.05, 0) is 48.6 Å². The summed E-state index contributed by atoms with van der Waals surface area (Å²) in [5.74, 6) is 0.108. The summed E-state index contributed by atoms with van der Waals surface area (Å²) in [4.78, 5) is 18.7. The first-order valence-corrected chi connectivity index (χ1v) is 11.5. The van der Waals surface area contributed by atoms with Crippen molar-refractivity contribution < 1.29 is 13.2 Å². The van der Waals surface area contributed by atoms with E-state index < -0.39 is 10.0 Å². The van der Waals surface area contributed by atoms with Gasteiger partial charge in [0.2, 0.25) is 15.9 Å². The van der Waals surface area contributed by atoms with Crippen molar-refractivity contribution in [3.8, 4) is 0 Å². The molecule has 3 rings (SSSR count). The summed E-state index contributed by atoms with van der Waals surface area (Å²) in [6, 6.07) is 10.5. The zero-order chi connectivity index (χ0) is 21.0. The first kappa shape index (κ1) is 21.7. The van der Waals surface area contributed by atoms with E-state index in [4.69, 9.17) is 11.6 Å². The molecule has 1 aliphatic carbocycles. The predicted molar refractivity (Wildman–Crippen MR) is 113 cm³/mol.